The molecule has 1 N–H and O–H groups in total. The summed E-state index contributed by atoms with van der Waals surface area (Å²) in [5.74, 6) is -0.254. The maximum atomic E-state index is 14.3. The molecule has 9 heteroatoms. The van der Waals surface area contributed by atoms with E-state index in [9.17, 15) is 14.0 Å². The van der Waals surface area contributed by atoms with Crippen molar-refractivity contribution >= 4 is 23.4 Å². The molecule has 37 heavy (non-hydrogen) atoms. The lowest BCUT2D eigenvalue weighted by Crippen LogP contribution is -2.36. The van der Waals surface area contributed by atoms with Crippen molar-refractivity contribution in [2.75, 3.05) is 32.7 Å². The van der Waals surface area contributed by atoms with Crippen LogP contribution in [0.5, 0.6) is 0 Å². The van der Waals surface area contributed by atoms with Crippen LogP contribution in [-0.2, 0) is 18.3 Å². The molecule has 194 valence electrons. The highest BCUT2D eigenvalue weighted by Crippen LogP contribution is 2.33. The second-order valence-electron chi connectivity index (χ2n) is 10.1. The first kappa shape index (κ1) is 25.4. The molecule has 0 saturated carbocycles. The molecule has 5 rings (SSSR count). The minimum atomic E-state index is -0.576. The Labute approximate surface area is 221 Å². The van der Waals surface area contributed by atoms with Crippen LogP contribution in [0.3, 0.4) is 0 Å². The number of aryl methyl sites for hydroxylation is 1. The third kappa shape index (κ3) is 5.86. The molecule has 7 nitrogen and oxygen atoms in total. The molecule has 0 aliphatic carbocycles. The fourth-order valence-electron chi connectivity index (χ4n) is 5.59. The van der Waals surface area contributed by atoms with Gasteiger partial charge in [0.05, 0.1) is 35.1 Å². The molecule has 2 aliphatic rings. The molecule has 1 aromatic heterocycles. The number of carbonyl (C=O) groups is 2. The topological polar surface area (TPSA) is 70.5 Å². The van der Waals surface area contributed by atoms with Gasteiger partial charge >= 0.3 is 0 Å². The number of hydrogen-bond acceptors (Lipinski definition) is 4. The molecule has 3 heterocycles. The molecule has 2 fully saturated rings. The van der Waals surface area contributed by atoms with Gasteiger partial charge in [-0.15, -0.1) is 0 Å². The Balaban J connectivity index is 1.16. The second-order valence-corrected chi connectivity index (χ2v) is 10.5. The lowest BCUT2D eigenvalue weighted by Gasteiger charge is -2.25. The lowest BCUT2D eigenvalue weighted by atomic mass is 10.0. The van der Waals surface area contributed by atoms with E-state index in [1.54, 1.807) is 17.3 Å². The average molecular weight is 524 g/mol. The molecule has 3 unspecified atom stereocenters. The maximum absolute atomic E-state index is 14.3. The van der Waals surface area contributed by atoms with Crippen molar-refractivity contribution in [3.05, 3.63) is 88.7 Å². The van der Waals surface area contributed by atoms with Crippen molar-refractivity contribution in [3.63, 3.8) is 0 Å². The zero-order valence-corrected chi connectivity index (χ0v) is 21.6. The smallest absolute Gasteiger partial charge is 0.258 e. The summed E-state index contributed by atoms with van der Waals surface area (Å²) in [6.07, 6.45) is 4.58. The summed E-state index contributed by atoms with van der Waals surface area (Å²) in [5, 5.41) is 3.35. The first-order valence-electron chi connectivity index (χ1n) is 12.6. The Morgan fingerprint density at radius 1 is 1.08 bits per heavy atom. The fourth-order valence-corrected chi connectivity index (χ4v) is 5.83. The summed E-state index contributed by atoms with van der Waals surface area (Å²) < 4.78 is 16.1. The van der Waals surface area contributed by atoms with E-state index in [0.29, 0.717) is 24.9 Å². The summed E-state index contributed by atoms with van der Waals surface area (Å²) in [5.41, 5.74) is 1.79. The minimum Gasteiger partial charge on any atom is -0.349 e. The normalized spacial score (nSPS) is 20.1. The molecule has 2 aromatic carbocycles. The highest BCUT2D eigenvalue weighted by Gasteiger charge is 2.42. The predicted octanol–water partition coefficient (Wildman–Crippen LogP) is 3.71. The third-order valence-electron chi connectivity index (χ3n) is 7.40. The largest absolute Gasteiger partial charge is 0.349 e. The molecule has 2 aliphatic heterocycles. The lowest BCUT2D eigenvalue weighted by molar-refractivity contribution is -0.121. The van der Waals surface area contributed by atoms with Crippen LogP contribution in [0.25, 0.3) is 0 Å². The van der Waals surface area contributed by atoms with E-state index in [2.05, 4.69) is 15.2 Å². The van der Waals surface area contributed by atoms with Crippen LogP contribution in [0.1, 0.15) is 34.1 Å². The van der Waals surface area contributed by atoms with Gasteiger partial charge in [-0.1, -0.05) is 48.0 Å². The third-order valence-corrected chi connectivity index (χ3v) is 7.71. The Kier molecular flexibility index (Phi) is 7.58. The van der Waals surface area contributed by atoms with Crippen molar-refractivity contribution in [1.82, 2.24) is 24.7 Å². The molecule has 2 amide bonds. The number of carbonyl (C=O) groups excluding carboxylic acids is 2. The van der Waals surface area contributed by atoms with Crippen molar-refractivity contribution in [2.24, 2.45) is 18.9 Å². The molecule has 3 aromatic rings. The Morgan fingerprint density at radius 3 is 2.46 bits per heavy atom. The Bertz CT molecular complexity index is 1230. The average Bonchev–Trinajstić information content (AvgIpc) is 3.57. The van der Waals surface area contributed by atoms with Crippen LogP contribution in [0.2, 0.25) is 5.02 Å². The van der Waals surface area contributed by atoms with Crippen LogP contribution >= 0.6 is 11.6 Å². The van der Waals surface area contributed by atoms with Crippen molar-refractivity contribution < 1.29 is 14.0 Å². The zero-order chi connectivity index (χ0) is 25.9. The monoisotopic (exact) mass is 523 g/mol. The predicted molar refractivity (Wildman–Crippen MR) is 140 cm³/mol. The number of hydrogen-bond donors (Lipinski definition) is 1. The SMILES string of the molecule is Cn1cnc(CC(=O)NC(CCN2CC3CN(C(=O)c4c(F)cccc4Cl)CC3C2)c2ccccc2)c1. The van der Waals surface area contributed by atoms with Crippen LogP contribution in [-0.4, -0.2) is 63.9 Å². The quantitative estimate of drug-likeness (QED) is 0.489. The summed E-state index contributed by atoms with van der Waals surface area (Å²) in [7, 11) is 1.89. The van der Waals surface area contributed by atoms with Crippen LogP contribution < -0.4 is 5.32 Å². The van der Waals surface area contributed by atoms with E-state index in [1.807, 2.05) is 48.1 Å². The van der Waals surface area contributed by atoms with E-state index < -0.39 is 5.82 Å². The fraction of sp³-hybridized carbons (Fsp3) is 0.393. The first-order valence-corrected chi connectivity index (χ1v) is 13.0. The highest BCUT2D eigenvalue weighted by atomic mass is 35.5. The van der Waals surface area contributed by atoms with Gasteiger partial charge in [-0.25, -0.2) is 9.37 Å². The number of rotatable bonds is 8. The Hall–Kier alpha value is -3.23. The zero-order valence-electron chi connectivity index (χ0n) is 20.8. The van der Waals surface area contributed by atoms with Crippen molar-refractivity contribution in [2.45, 2.75) is 18.9 Å². The number of benzene rings is 2. The van der Waals surface area contributed by atoms with Crippen LogP contribution in [0.4, 0.5) is 4.39 Å². The van der Waals surface area contributed by atoms with Gasteiger partial charge in [-0.2, -0.15) is 0 Å². The molecule has 0 radical (unpaired) electrons. The summed E-state index contributed by atoms with van der Waals surface area (Å²) in [6, 6.07) is 14.3. The van der Waals surface area contributed by atoms with Gasteiger partial charge < -0.3 is 19.7 Å². The van der Waals surface area contributed by atoms with E-state index in [0.717, 1.165) is 37.3 Å². The van der Waals surface area contributed by atoms with Gasteiger partial charge in [0.1, 0.15) is 5.82 Å². The number of likely N-dealkylation sites (tertiary alicyclic amines) is 2. The van der Waals surface area contributed by atoms with E-state index in [-0.39, 0.29) is 34.9 Å². The van der Waals surface area contributed by atoms with E-state index in [1.165, 1.54) is 12.1 Å². The van der Waals surface area contributed by atoms with Gasteiger partial charge in [-0.05, 0) is 36.0 Å². The van der Waals surface area contributed by atoms with Crippen molar-refractivity contribution in [3.8, 4) is 0 Å². The van der Waals surface area contributed by atoms with Gasteiger partial charge in [0, 0.05) is 46.0 Å². The number of amides is 2. The van der Waals surface area contributed by atoms with E-state index >= 15 is 0 Å². The standard InChI is InChI=1S/C28H31ClFN5O2/c1-33-17-22(31-18-33)12-26(36)32-25(19-6-3-2-4-7-19)10-11-34-13-20-15-35(16-21(20)14-34)28(37)27-23(29)8-5-9-24(27)30/h2-9,17-18,20-21,25H,10-16H2,1H3,(H,32,36). The number of imidazole rings is 1. The van der Waals surface area contributed by atoms with Gasteiger partial charge in [0.25, 0.3) is 5.91 Å². The van der Waals surface area contributed by atoms with Crippen molar-refractivity contribution in [1.29, 1.82) is 0 Å². The van der Waals surface area contributed by atoms with Gasteiger partial charge in [-0.3, -0.25) is 9.59 Å². The number of nitrogens with zero attached hydrogens (tertiary/aromatic N) is 4. The molecule has 0 bridgehead atoms. The minimum absolute atomic E-state index is 0.0341. The molecule has 2 saturated heterocycles. The molecular weight excluding hydrogens is 493 g/mol. The maximum Gasteiger partial charge on any atom is 0.258 e. The number of nitrogens with one attached hydrogen (secondary N) is 1. The van der Waals surface area contributed by atoms with Crippen LogP contribution in [0.15, 0.2) is 61.1 Å². The molecule has 0 spiro atoms. The molecule has 3 atom stereocenters. The van der Waals surface area contributed by atoms with Crippen LogP contribution in [0, 0.1) is 17.7 Å². The summed E-state index contributed by atoms with van der Waals surface area (Å²) in [4.78, 5) is 34.1. The highest BCUT2D eigenvalue weighted by molar-refractivity contribution is 6.33. The summed E-state index contributed by atoms with van der Waals surface area (Å²) >= 11 is 6.12. The second kappa shape index (κ2) is 11.0. The van der Waals surface area contributed by atoms with E-state index in [4.69, 9.17) is 11.6 Å². The Morgan fingerprint density at radius 2 is 1.81 bits per heavy atom. The first-order chi connectivity index (χ1) is 17.9. The number of fused-ring (bicyclic) bond motifs is 1. The summed E-state index contributed by atoms with van der Waals surface area (Å²) in [6.45, 7) is 3.80. The number of halogens is 2. The molecular formula is C28H31ClFN5O2. The number of aromatic nitrogens is 2. The van der Waals surface area contributed by atoms with Gasteiger partial charge in [0.2, 0.25) is 5.91 Å². The van der Waals surface area contributed by atoms with Gasteiger partial charge in [0.15, 0.2) is 0 Å².